The van der Waals surface area contributed by atoms with E-state index in [1.54, 1.807) is 29.0 Å². The van der Waals surface area contributed by atoms with Crippen molar-refractivity contribution in [1.82, 2.24) is 19.6 Å². The summed E-state index contributed by atoms with van der Waals surface area (Å²) < 4.78 is 12.5. The van der Waals surface area contributed by atoms with Gasteiger partial charge < -0.3 is 19.0 Å². The van der Waals surface area contributed by atoms with Gasteiger partial charge in [-0.15, -0.1) is 0 Å². The Kier molecular flexibility index (Phi) is 5.56. The topological polar surface area (TPSA) is 80.8 Å². The van der Waals surface area contributed by atoms with E-state index in [-0.39, 0.29) is 11.8 Å². The molecule has 3 aromatic rings. The average molecular weight is 408 g/mol. The lowest BCUT2D eigenvalue weighted by atomic mass is 10.1. The maximum Gasteiger partial charge on any atom is 0.289 e. The molecule has 0 spiro atoms. The third-order valence-corrected chi connectivity index (χ3v) is 5.27. The zero-order valence-corrected chi connectivity index (χ0v) is 17.1. The van der Waals surface area contributed by atoms with Gasteiger partial charge >= 0.3 is 0 Å². The molecule has 0 saturated carbocycles. The van der Waals surface area contributed by atoms with Gasteiger partial charge in [0.15, 0.2) is 11.5 Å². The average Bonchev–Trinajstić information content (AvgIpc) is 3.48. The van der Waals surface area contributed by atoms with Crippen LogP contribution in [0.25, 0.3) is 11.3 Å². The molecule has 0 aliphatic carbocycles. The summed E-state index contributed by atoms with van der Waals surface area (Å²) in [5.41, 5.74) is 2.12. The van der Waals surface area contributed by atoms with Crippen molar-refractivity contribution in [3.05, 3.63) is 60.2 Å². The van der Waals surface area contributed by atoms with Crippen LogP contribution in [0.3, 0.4) is 0 Å². The van der Waals surface area contributed by atoms with E-state index in [1.165, 1.54) is 6.26 Å². The smallest absolute Gasteiger partial charge is 0.289 e. The summed E-state index contributed by atoms with van der Waals surface area (Å²) in [6.07, 6.45) is 1.48. The third kappa shape index (κ3) is 3.68. The lowest BCUT2D eigenvalue weighted by molar-refractivity contribution is 0.0515. The molecule has 8 nitrogen and oxygen atoms in total. The highest BCUT2D eigenvalue weighted by molar-refractivity contribution is 5.94. The number of carbonyl (C=O) groups is 2. The second-order valence-electron chi connectivity index (χ2n) is 6.99. The lowest BCUT2D eigenvalue weighted by Gasteiger charge is -2.33. The number of aryl methyl sites for hydroxylation is 1. The molecule has 8 heteroatoms. The van der Waals surface area contributed by atoms with Crippen LogP contribution >= 0.6 is 0 Å². The fourth-order valence-electron chi connectivity index (χ4n) is 3.67. The van der Waals surface area contributed by atoms with Crippen LogP contribution in [-0.4, -0.2) is 64.7 Å². The summed E-state index contributed by atoms with van der Waals surface area (Å²) in [6, 6.07) is 12.8. The molecule has 1 aromatic carbocycles. The number of piperazine rings is 1. The van der Waals surface area contributed by atoms with Crippen LogP contribution in [0.4, 0.5) is 0 Å². The molecule has 1 saturated heterocycles. The predicted octanol–water partition coefficient (Wildman–Crippen LogP) is 2.77. The SMILES string of the molecule is CCn1nc(C(=O)N2CCN(C(=O)c3ccco3)CC2)cc1-c1ccccc1OC. The van der Waals surface area contributed by atoms with Gasteiger partial charge in [-0.2, -0.15) is 5.10 Å². The molecule has 1 fully saturated rings. The van der Waals surface area contributed by atoms with E-state index < -0.39 is 0 Å². The minimum absolute atomic E-state index is 0.136. The maximum atomic E-state index is 13.1. The van der Waals surface area contributed by atoms with Crippen LogP contribution in [0.2, 0.25) is 0 Å². The molecule has 2 amide bonds. The Balaban J connectivity index is 1.49. The summed E-state index contributed by atoms with van der Waals surface area (Å²) in [5.74, 6) is 0.762. The Labute approximate surface area is 174 Å². The summed E-state index contributed by atoms with van der Waals surface area (Å²) in [4.78, 5) is 28.9. The first-order chi connectivity index (χ1) is 14.6. The zero-order valence-electron chi connectivity index (χ0n) is 17.1. The Morgan fingerprint density at radius 3 is 2.37 bits per heavy atom. The monoisotopic (exact) mass is 408 g/mol. The number of rotatable bonds is 5. The highest BCUT2D eigenvalue weighted by Crippen LogP contribution is 2.30. The third-order valence-electron chi connectivity index (χ3n) is 5.27. The number of hydrogen-bond acceptors (Lipinski definition) is 5. The van der Waals surface area contributed by atoms with Crippen molar-refractivity contribution in [3.8, 4) is 17.0 Å². The molecular formula is C22H24N4O4. The van der Waals surface area contributed by atoms with Gasteiger partial charge in [-0.05, 0) is 37.3 Å². The largest absolute Gasteiger partial charge is 0.496 e. The van der Waals surface area contributed by atoms with E-state index >= 15 is 0 Å². The number of furan rings is 1. The van der Waals surface area contributed by atoms with E-state index in [1.807, 2.05) is 41.9 Å². The number of carbonyl (C=O) groups excluding carboxylic acids is 2. The van der Waals surface area contributed by atoms with Gasteiger partial charge in [0.2, 0.25) is 0 Å². The van der Waals surface area contributed by atoms with Gasteiger partial charge in [0.25, 0.3) is 11.8 Å². The van der Waals surface area contributed by atoms with Crippen LogP contribution in [0.5, 0.6) is 5.75 Å². The number of para-hydroxylation sites is 1. The van der Waals surface area contributed by atoms with E-state index in [9.17, 15) is 9.59 Å². The maximum absolute atomic E-state index is 13.1. The predicted molar refractivity (Wildman–Crippen MR) is 110 cm³/mol. The van der Waals surface area contributed by atoms with Crippen molar-refractivity contribution in [2.75, 3.05) is 33.3 Å². The standard InChI is InChI=1S/C22H24N4O4/c1-3-26-18(16-7-4-5-8-19(16)29-2)15-17(23-26)21(27)24-10-12-25(13-11-24)22(28)20-9-6-14-30-20/h4-9,14-15H,3,10-13H2,1-2H3. The lowest BCUT2D eigenvalue weighted by Crippen LogP contribution is -2.50. The Bertz CT molecular complexity index is 1030. The van der Waals surface area contributed by atoms with Gasteiger partial charge in [0, 0.05) is 38.3 Å². The first-order valence-electron chi connectivity index (χ1n) is 9.95. The van der Waals surface area contributed by atoms with E-state index in [4.69, 9.17) is 9.15 Å². The van der Waals surface area contributed by atoms with Gasteiger partial charge in [0.05, 0.1) is 19.1 Å². The Hall–Kier alpha value is -3.55. The molecule has 0 unspecified atom stereocenters. The fourth-order valence-corrected chi connectivity index (χ4v) is 3.67. The molecule has 30 heavy (non-hydrogen) atoms. The first kappa shape index (κ1) is 19.8. The van der Waals surface area contributed by atoms with Crippen molar-refractivity contribution in [2.45, 2.75) is 13.5 Å². The quantitative estimate of drug-likeness (QED) is 0.649. The number of ether oxygens (including phenoxy) is 1. The van der Waals surface area contributed by atoms with Crippen LogP contribution in [-0.2, 0) is 6.54 Å². The second kappa shape index (κ2) is 8.44. The zero-order chi connectivity index (χ0) is 21.1. The summed E-state index contributed by atoms with van der Waals surface area (Å²) >= 11 is 0. The number of nitrogens with zero attached hydrogens (tertiary/aromatic N) is 4. The Morgan fingerprint density at radius 1 is 1.03 bits per heavy atom. The first-order valence-corrected chi connectivity index (χ1v) is 9.95. The summed E-state index contributed by atoms with van der Waals surface area (Å²) in [5, 5.41) is 4.52. The number of benzene rings is 1. The number of hydrogen-bond donors (Lipinski definition) is 0. The van der Waals surface area contributed by atoms with Gasteiger partial charge in [-0.1, -0.05) is 12.1 Å². The second-order valence-corrected chi connectivity index (χ2v) is 6.99. The normalized spacial score (nSPS) is 14.1. The van der Waals surface area contributed by atoms with E-state index in [2.05, 4.69) is 5.10 Å². The molecule has 0 radical (unpaired) electrons. The number of aromatic nitrogens is 2. The van der Waals surface area contributed by atoms with Crippen molar-refractivity contribution < 1.29 is 18.7 Å². The summed E-state index contributed by atoms with van der Waals surface area (Å²) in [6.45, 7) is 4.44. The van der Waals surface area contributed by atoms with E-state index in [0.717, 1.165) is 17.0 Å². The highest BCUT2D eigenvalue weighted by atomic mass is 16.5. The molecule has 0 N–H and O–H groups in total. The fraction of sp³-hybridized carbons (Fsp3) is 0.318. The molecule has 0 bridgehead atoms. The molecule has 0 atom stereocenters. The van der Waals surface area contributed by atoms with Crippen molar-refractivity contribution in [1.29, 1.82) is 0 Å². The molecule has 156 valence electrons. The van der Waals surface area contributed by atoms with Crippen LogP contribution in [0.1, 0.15) is 28.0 Å². The van der Waals surface area contributed by atoms with Crippen molar-refractivity contribution in [3.63, 3.8) is 0 Å². The molecular weight excluding hydrogens is 384 g/mol. The minimum Gasteiger partial charge on any atom is -0.496 e. The van der Waals surface area contributed by atoms with Crippen molar-refractivity contribution >= 4 is 11.8 Å². The molecule has 1 aliphatic rings. The number of methoxy groups -OCH3 is 1. The summed E-state index contributed by atoms with van der Waals surface area (Å²) in [7, 11) is 1.63. The van der Waals surface area contributed by atoms with Gasteiger partial charge in [0.1, 0.15) is 5.75 Å². The van der Waals surface area contributed by atoms with E-state index in [0.29, 0.717) is 44.2 Å². The van der Waals surface area contributed by atoms with Crippen LogP contribution < -0.4 is 4.74 Å². The van der Waals surface area contributed by atoms with Gasteiger partial charge in [-0.25, -0.2) is 0 Å². The molecule has 1 aliphatic heterocycles. The molecule has 2 aromatic heterocycles. The van der Waals surface area contributed by atoms with Gasteiger partial charge in [-0.3, -0.25) is 14.3 Å². The highest BCUT2D eigenvalue weighted by Gasteiger charge is 2.28. The molecule has 3 heterocycles. The Morgan fingerprint density at radius 2 is 1.73 bits per heavy atom. The molecule has 4 rings (SSSR count). The van der Waals surface area contributed by atoms with Crippen LogP contribution in [0.15, 0.2) is 53.1 Å². The number of amides is 2. The van der Waals surface area contributed by atoms with Crippen molar-refractivity contribution in [2.24, 2.45) is 0 Å². The van der Waals surface area contributed by atoms with Crippen LogP contribution in [0, 0.1) is 0 Å². The minimum atomic E-state index is -0.152.